The zero-order chi connectivity index (χ0) is 76.1. The van der Waals surface area contributed by atoms with E-state index in [9.17, 15) is 0 Å². The summed E-state index contributed by atoms with van der Waals surface area (Å²) >= 11 is 3.83. The Morgan fingerprint density at radius 1 is 0.243 bits per heavy atom. The van der Waals surface area contributed by atoms with Gasteiger partial charge < -0.3 is 19.3 Å². The maximum Gasteiger partial charge on any atom is 0.260 e. The average Bonchev–Trinajstić information content (AvgIpc) is 0.671. The Morgan fingerprint density at radius 2 is 0.617 bits per heavy atom. The molecule has 23 rings (SSSR count). The van der Waals surface area contributed by atoms with Gasteiger partial charge in [-0.25, -0.2) is 0 Å². The second-order valence-corrected chi connectivity index (χ2v) is 34.1. The van der Waals surface area contributed by atoms with Crippen molar-refractivity contribution in [1.82, 2.24) is 0 Å². The van der Waals surface area contributed by atoms with Crippen molar-refractivity contribution in [1.29, 1.82) is 0 Å². The quantitative estimate of drug-likeness (QED) is 0.127. The molecule has 0 unspecified atom stereocenters. The van der Waals surface area contributed by atoms with Crippen molar-refractivity contribution in [3.63, 3.8) is 0 Å². The minimum absolute atomic E-state index is 0.238. The molecule has 6 aliphatic rings. The molecular formula is C106H71B3N2O2S2. The van der Waals surface area contributed by atoms with Crippen molar-refractivity contribution in [3.05, 3.63) is 382 Å². The van der Waals surface area contributed by atoms with Gasteiger partial charge in [-0.15, -0.1) is 0 Å². The van der Waals surface area contributed by atoms with Crippen molar-refractivity contribution in [2.45, 2.75) is 45.8 Å². The number of anilines is 6. The molecule has 4 nitrogen and oxygen atoms in total. The minimum Gasteiger partial charge on any atom is -0.459 e. The van der Waals surface area contributed by atoms with Crippen LogP contribution in [0.5, 0.6) is 23.0 Å². The van der Waals surface area contributed by atoms with Gasteiger partial charge in [0.05, 0.1) is 11.4 Å². The molecule has 115 heavy (non-hydrogen) atoms. The van der Waals surface area contributed by atoms with E-state index in [4.69, 9.17) is 9.47 Å². The van der Waals surface area contributed by atoms with Crippen LogP contribution in [0.2, 0.25) is 0 Å². The normalized spacial score (nSPS) is 13.3. The van der Waals surface area contributed by atoms with Gasteiger partial charge in [-0.3, -0.25) is 0 Å². The summed E-state index contributed by atoms with van der Waals surface area (Å²) in [5.74, 6) is 3.38. The van der Waals surface area contributed by atoms with E-state index in [-0.39, 0.29) is 25.6 Å². The first-order chi connectivity index (χ1) is 56.7. The van der Waals surface area contributed by atoms with Crippen LogP contribution in [0.25, 0.3) is 89.0 Å². The molecule has 0 saturated carbocycles. The van der Waals surface area contributed by atoms with Crippen LogP contribution in [0.3, 0.4) is 0 Å². The van der Waals surface area contributed by atoms with Crippen LogP contribution in [0, 0.1) is 0 Å². The van der Waals surface area contributed by atoms with Gasteiger partial charge in [0, 0.05) is 70.0 Å². The standard InChI is InChI=1S/C106H71B3N2O2S2/c1-106(2,3)78-62-88-97-89(63-78)111(103-81(72-42-24-10-25-43-72)48-29-49-82(103)73-44-26-11-27-45-73)90-64-95-101-105(98(90)108(97)83-58-74(66-30-12-4-13-31-66)50-54-87(83)110(88)102-79(70-38-20-8-21-39-70)46-28-47-80(102)71-40-22-9-23-41-71)115-94-57-53-77(69-36-18-7-19-37-69)61-86(94)109(101)100-96(114-95)65-93-99-104(100)113-92-56-52-76(68-34-16-6-17-35-68)60-85(92)107(99)84-59-75(51-55-91(84)112-93)67-32-14-5-15-33-67/h4-65H,1-3H3. The predicted octanol–water partition coefficient (Wildman–Crippen LogP) is 22.6. The Labute approximate surface area is 680 Å². The molecule has 6 heterocycles. The Kier molecular flexibility index (Phi) is 15.7. The van der Waals surface area contributed by atoms with Crippen LogP contribution >= 0.6 is 23.5 Å². The van der Waals surface area contributed by atoms with Crippen LogP contribution < -0.4 is 68.4 Å². The average molecular weight is 1500 g/mol. The molecule has 17 aromatic carbocycles. The van der Waals surface area contributed by atoms with Gasteiger partial charge >= 0.3 is 0 Å². The van der Waals surface area contributed by atoms with Crippen molar-refractivity contribution in [2.24, 2.45) is 0 Å². The third kappa shape index (κ3) is 10.9. The second kappa shape index (κ2) is 26.7. The lowest BCUT2D eigenvalue weighted by Crippen LogP contribution is -2.66. The van der Waals surface area contributed by atoms with Crippen molar-refractivity contribution < 1.29 is 9.47 Å². The van der Waals surface area contributed by atoms with Crippen LogP contribution in [0.1, 0.15) is 26.3 Å². The molecule has 0 amide bonds. The van der Waals surface area contributed by atoms with Crippen LogP contribution in [0.15, 0.2) is 396 Å². The van der Waals surface area contributed by atoms with E-state index in [1.807, 2.05) is 23.5 Å². The first-order valence-electron chi connectivity index (χ1n) is 39.9. The Bertz CT molecular complexity index is 6660. The fourth-order valence-corrected chi connectivity index (χ4v) is 21.8. The van der Waals surface area contributed by atoms with Gasteiger partial charge in [0.2, 0.25) is 0 Å². The Hall–Kier alpha value is -13.2. The van der Waals surface area contributed by atoms with E-state index in [2.05, 4.69) is 407 Å². The van der Waals surface area contributed by atoms with E-state index in [1.54, 1.807) is 0 Å². The fourth-order valence-electron chi connectivity index (χ4n) is 19.2. The molecule has 0 bridgehead atoms. The SMILES string of the molecule is CC(C)(C)c1cc2c3c(c1)N(c1c(-c4ccccc4)cccc1-c1ccccc1)c1cc4c5c(c1B3c1cc(-c3ccccc3)ccc1N2c1c(-c2ccccc2)cccc1-c1ccccc1)Sc1ccc(-c2ccccc2)cc1B5c1c(cc2c3c1Oc1ccc(-c5ccccc5)cc1B3c1cc(-c3ccccc3)ccc1O2)S4. The molecule has 0 spiro atoms. The number of hydrogen-bond donors (Lipinski definition) is 0. The molecule has 0 aromatic heterocycles. The van der Waals surface area contributed by atoms with Gasteiger partial charge in [-0.2, -0.15) is 0 Å². The molecule has 0 atom stereocenters. The highest BCUT2D eigenvalue weighted by atomic mass is 32.2. The molecule has 17 aromatic rings. The summed E-state index contributed by atoms with van der Waals surface area (Å²) in [7, 11) is 0. The number of rotatable bonds is 10. The summed E-state index contributed by atoms with van der Waals surface area (Å²) in [6.07, 6.45) is 0. The van der Waals surface area contributed by atoms with E-state index in [0.29, 0.717) is 0 Å². The third-order valence-electron chi connectivity index (χ3n) is 24.4. The van der Waals surface area contributed by atoms with Gasteiger partial charge in [0.15, 0.2) is 0 Å². The van der Waals surface area contributed by atoms with Gasteiger partial charge in [0.25, 0.3) is 20.1 Å². The third-order valence-corrected chi connectivity index (χ3v) is 26.8. The summed E-state index contributed by atoms with van der Waals surface area (Å²) < 4.78 is 15.5. The zero-order valence-electron chi connectivity index (χ0n) is 63.6. The Morgan fingerprint density at radius 3 is 1.07 bits per heavy atom. The minimum atomic E-state index is -0.330. The van der Waals surface area contributed by atoms with E-state index < -0.39 is 0 Å². The van der Waals surface area contributed by atoms with Gasteiger partial charge in [0.1, 0.15) is 23.0 Å². The smallest absolute Gasteiger partial charge is 0.260 e. The monoisotopic (exact) mass is 1500 g/mol. The highest BCUT2D eigenvalue weighted by Gasteiger charge is 2.53. The summed E-state index contributed by atoms with van der Waals surface area (Å²) in [5.41, 5.74) is 36.9. The second-order valence-electron chi connectivity index (χ2n) is 32.0. The molecule has 9 heteroatoms. The first-order valence-corrected chi connectivity index (χ1v) is 41.5. The summed E-state index contributed by atoms with van der Waals surface area (Å²) in [6, 6.07) is 141. The molecule has 0 radical (unpaired) electrons. The molecule has 0 aliphatic carbocycles. The number of ether oxygens (including phenoxy) is 2. The number of para-hydroxylation sites is 2. The lowest BCUT2D eigenvalue weighted by atomic mass is 9.30. The number of benzene rings is 17. The highest BCUT2D eigenvalue weighted by molar-refractivity contribution is 8.01. The number of hydrogen-bond acceptors (Lipinski definition) is 6. The molecule has 0 saturated heterocycles. The highest BCUT2D eigenvalue weighted by Crippen LogP contribution is 2.56. The van der Waals surface area contributed by atoms with Gasteiger partial charge in [-0.05, 0) is 165 Å². The zero-order valence-corrected chi connectivity index (χ0v) is 65.2. The fraction of sp³-hybridized carbons (Fsp3) is 0.0377. The first kappa shape index (κ1) is 67.5. The van der Waals surface area contributed by atoms with E-state index in [1.165, 1.54) is 58.7 Å². The summed E-state index contributed by atoms with van der Waals surface area (Å²) in [5, 5.41) is 0. The van der Waals surface area contributed by atoms with Crippen LogP contribution in [-0.4, -0.2) is 20.1 Å². The molecular weight excluding hydrogens is 1430 g/mol. The topological polar surface area (TPSA) is 24.9 Å². The van der Waals surface area contributed by atoms with E-state index in [0.717, 1.165) is 162 Å². The molecule has 0 N–H and O–H groups in total. The predicted molar refractivity (Wildman–Crippen MR) is 486 cm³/mol. The van der Waals surface area contributed by atoms with Crippen molar-refractivity contribution in [3.8, 4) is 112 Å². The Balaban J connectivity index is 0.861. The largest absolute Gasteiger partial charge is 0.459 e. The molecule has 0 fully saturated rings. The summed E-state index contributed by atoms with van der Waals surface area (Å²) in [4.78, 5) is 10.2. The molecule has 538 valence electrons. The maximum atomic E-state index is 7.96. The number of fused-ring (bicyclic) bond motifs is 14. The summed E-state index contributed by atoms with van der Waals surface area (Å²) in [6.45, 7) is 6.30. The van der Waals surface area contributed by atoms with Crippen molar-refractivity contribution >= 4 is 127 Å². The van der Waals surface area contributed by atoms with Crippen molar-refractivity contribution in [2.75, 3.05) is 9.80 Å². The van der Waals surface area contributed by atoms with Crippen LogP contribution in [-0.2, 0) is 5.41 Å². The lowest BCUT2D eigenvalue weighted by Gasteiger charge is -2.48. The van der Waals surface area contributed by atoms with Crippen LogP contribution in [0.4, 0.5) is 34.1 Å². The maximum absolute atomic E-state index is 7.96. The van der Waals surface area contributed by atoms with Gasteiger partial charge in [-0.1, -0.05) is 377 Å². The van der Waals surface area contributed by atoms with E-state index >= 15 is 0 Å². The number of nitrogens with zero attached hydrogens (tertiary/aromatic N) is 2. The molecule has 6 aliphatic heterocycles. The lowest BCUT2D eigenvalue weighted by molar-refractivity contribution is 0.465.